The molecule has 0 fully saturated rings. The lowest BCUT2D eigenvalue weighted by Gasteiger charge is -2.08. The number of nitrogens with one attached hydrogen (secondary N) is 1. The number of ether oxygens (including phenoxy) is 3. The van der Waals surface area contributed by atoms with Crippen LogP contribution in [0.5, 0.6) is 23.1 Å². The molecule has 0 bridgehead atoms. The summed E-state index contributed by atoms with van der Waals surface area (Å²) in [6.07, 6.45) is 5.23. The lowest BCUT2D eigenvalue weighted by molar-refractivity contribution is 0.101. The average molecular weight is 497 g/mol. The zero-order valence-electron chi connectivity index (χ0n) is 20.5. The standard InChI is InChI=1S/C27H24N6O4/c1-32-23(15-22(31-32)21-14-20(35-2)10-11-24(21)36-3)27(34)30-18-6-8-19(9-7-18)37-26-16-25(28-17-29-26)33-12-4-5-13-33/h4-17H,1-3H3,(H,30,34). The van der Waals surface area contributed by atoms with Gasteiger partial charge in [-0.1, -0.05) is 0 Å². The first-order chi connectivity index (χ1) is 18.0. The third-order valence-electron chi connectivity index (χ3n) is 5.63. The Morgan fingerprint density at radius 3 is 2.38 bits per heavy atom. The lowest BCUT2D eigenvalue weighted by Crippen LogP contribution is -2.15. The second-order valence-corrected chi connectivity index (χ2v) is 7.99. The lowest BCUT2D eigenvalue weighted by atomic mass is 10.1. The van der Waals surface area contributed by atoms with Crippen LogP contribution in [0.3, 0.4) is 0 Å². The van der Waals surface area contributed by atoms with Gasteiger partial charge in [-0.15, -0.1) is 0 Å². The molecule has 2 aromatic carbocycles. The van der Waals surface area contributed by atoms with Gasteiger partial charge in [0.1, 0.15) is 35.1 Å². The first-order valence-electron chi connectivity index (χ1n) is 11.3. The minimum Gasteiger partial charge on any atom is -0.497 e. The molecule has 0 aliphatic rings. The molecule has 5 aromatic rings. The summed E-state index contributed by atoms with van der Waals surface area (Å²) in [5, 5.41) is 7.39. The van der Waals surface area contributed by atoms with Gasteiger partial charge in [-0.3, -0.25) is 9.48 Å². The average Bonchev–Trinajstić information content (AvgIpc) is 3.60. The Labute approximate surface area is 213 Å². The second-order valence-electron chi connectivity index (χ2n) is 7.99. The second kappa shape index (κ2) is 10.2. The van der Waals surface area contributed by atoms with Crippen molar-refractivity contribution in [2.75, 3.05) is 19.5 Å². The van der Waals surface area contributed by atoms with E-state index in [9.17, 15) is 4.79 Å². The zero-order valence-corrected chi connectivity index (χ0v) is 20.5. The van der Waals surface area contributed by atoms with E-state index in [0.29, 0.717) is 46.0 Å². The quantitative estimate of drug-likeness (QED) is 0.331. The Hall–Kier alpha value is -5.12. The van der Waals surface area contributed by atoms with Crippen molar-refractivity contribution in [3.05, 3.63) is 91.1 Å². The highest BCUT2D eigenvalue weighted by Gasteiger charge is 2.18. The Kier molecular flexibility index (Phi) is 6.54. The molecule has 0 atom stereocenters. The maximum absolute atomic E-state index is 13.0. The van der Waals surface area contributed by atoms with Crippen molar-refractivity contribution < 1.29 is 19.0 Å². The summed E-state index contributed by atoms with van der Waals surface area (Å²) in [5.41, 5.74) is 2.31. The van der Waals surface area contributed by atoms with Crippen LogP contribution in [0.4, 0.5) is 5.69 Å². The van der Waals surface area contributed by atoms with E-state index in [1.165, 1.54) is 11.0 Å². The van der Waals surface area contributed by atoms with Crippen molar-refractivity contribution in [3.8, 4) is 40.2 Å². The maximum Gasteiger partial charge on any atom is 0.273 e. The summed E-state index contributed by atoms with van der Waals surface area (Å²) in [5.74, 6) is 2.67. The monoisotopic (exact) mass is 496 g/mol. The molecule has 0 spiro atoms. The number of hydrogen-bond donors (Lipinski definition) is 1. The zero-order chi connectivity index (χ0) is 25.8. The van der Waals surface area contributed by atoms with E-state index < -0.39 is 0 Å². The number of anilines is 1. The number of hydrogen-bond acceptors (Lipinski definition) is 7. The van der Waals surface area contributed by atoms with Gasteiger partial charge in [-0.05, 0) is 60.7 Å². The van der Waals surface area contributed by atoms with Gasteiger partial charge >= 0.3 is 0 Å². The molecule has 0 saturated heterocycles. The van der Waals surface area contributed by atoms with Gasteiger partial charge in [0, 0.05) is 36.8 Å². The summed E-state index contributed by atoms with van der Waals surface area (Å²) in [4.78, 5) is 21.4. The van der Waals surface area contributed by atoms with Crippen LogP contribution in [0.1, 0.15) is 10.5 Å². The number of rotatable bonds is 8. The summed E-state index contributed by atoms with van der Waals surface area (Å²) in [6.45, 7) is 0. The molecule has 1 N–H and O–H groups in total. The molecule has 10 nitrogen and oxygen atoms in total. The number of aryl methyl sites for hydroxylation is 1. The van der Waals surface area contributed by atoms with Crippen LogP contribution in [-0.4, -0.2) is 44.4 Å². The number of carbonyl (C=O) groups excluding carboxylic acids is 1. The molecule has 37 heavy (non-hydrogen) atoms. The van der Waals surface area contributed by atoms with E-state index in [1.54, 1.807) is 69.8 Å². The van der Waals surface area contributed by atoms with Crippen LogP contribution in [0.15, 0.2) is 85.5 Å². The highest BCUT2D eigenvalue weighted by molar-refractivity contribution is 6.03. The predicted molar refractivity (Wildman–Crippen MR) is 138 cm³/mol. The first kappa shape index (κ1) is 23.6. The molecule has 0 saturated carbocycles. The van der Waals surface area contributed by atoms with Gasteiger partial charge in [-0.25, -0.2) is 9.97 Å². The van der Waals surface area contributed by atoms with Crippen LogP contribution in [0.2, 0.25) is 0 Å². The molecular formula is C27H24N6O4. The van der Waals surface area contributed by atoms with Crippen molar-refractivity contribution in [1.29, 1.82) is 0 Å². The van der Waals surface area contributed by atoms with E-state index in [2.05, 4.69) is 20.4 Å². The highest BCUT2D eigenvalue weighted by Crippen LogP contribution is 2.33. The van der Waals surface area contributed by atoms with Gasteiger partial charge in [-0.2, -0.15) is 5.10 Å². The summed E-state index contributed by atoms with van der Waals surface area (Å²) in [7, 11) is 4.89. The fraction of sp³-hybridized carbons (Fsp3) is 0.111. The minimum atomic E-state index is -0.302. The van der Waals surface area contributed by atoms with Crippen LogP contribution in [0.25, 0.3) is 17.1 Å². The van der Waals surface area contributed by atoms with E-state index in [0.717, 1.165) is 5.56 Å². The molecule has 1 amide bonds. The van der Waals surface area contributed by atoms with Crippen LogP contribution in [0, 0.1) is 0 Å². The van der Waals surface area contributed by atoms with E-state index >= 15 is 0 Å². The molecule has 10 heteroatoms. The Morgan fingerprint density at radius 2 is 1.65 bits per heavy atom. The van der Waals surface area contributed by atoms with Crippen molar-refractivity contribution in [1.82, 2.24) is 24.3 Å². The van der Waals surface area contributed by atoms with Crippen molar-refractivity contribution >= 4 is 11.6 Å². The Bertz CT molecular complexity index is 1530. The smallest absolute Gasteiger partial charge is 0.273 e. The van der Waals surface area contributed by atoms with Crippen LogP contribution in [-0.2, 0) is 7.05 Å². The van der Waals surface area contributed by atoms with Crippen molar-refractivity contribution in [3.63, 3.8) is 0 Å². The molecular weight excluding hydrogens is 472 g/mol. The Balaban J connectivity index is 1.29. The summed E-state index contributed by atoms with van der Waals surface area (Å²) in [6, 6.07) is 19.7. The highest BCUT2D eigenvalue weighted by atomic mass is 16.5. The number of aromatic nitrogens is 5. The molecule has 0 aliphatic heterocycles. The minimum absolute atomic E-state index is 0.302. The molecule has 3 aromatic heterocycles. The topological polar surface area (TPSA) is 105 Å². The Morgan fingerprint density at radius 1 is 0.892 bits per heavy atom. The van der Waals surface area contributed by atoms with Gasteiger partial charge in [0.15, 0.2) is 0 Å². The van der Waals surface area contributed by atoms with E-state index in [1.807, 2.05) is 35.2 Å². The van der Waals surface area contributed by atoms with Crippen molar-refractivity contribution in [2.45, 2.75) is 0 Å². The normalized spacial score (nSPS) is 10.7. The van der Waals surface area contributed by atoms with Gasteiger partial charge in [0.05, 0.1) is 19.9 Å². The van der Waals surface area contributed by atoms with Gasteiger partial charge in [0.25, 0.3) is 5.91 Å². The fourth-order valence-corrected chi connectivity index (χ4v) is 3.76. The third kappa shape index (κ3) is 5.13. The summed E-state index contributed by atoms with van der Waals surface area (Å²) >= 11 is 0. The number of carbonyl (C=O) groups is 1. The molecule has 186 valence electrons. The SMILES string of the molecule is COc1ccc(OC)c(-c2cc(C(=O)Nc3ccc(Oc4cc(-n5cccc5)ncn4)cc3)n(C)n2)c1. The number of amides is 1. The first-order valence-corrected chi connectivity index (χ1v) is 11.3. The molecule has 0 radical (unpaired) electrons. The van der Waals surface area contributed by atoms with Crippen LogP contribution < -0.4 is 19.5 Å². The van der Waals surface area contributed by atoms with Crippen LogP contribution >= 0.6 is 0 Å². The van der Waals surface area contributed by atoms with E-state index in [4.69, 9.17) is 14.2 Å². The number of nitrogens with zero attached hydrogens (tertiary/aromatic N) is 5. The molecule has 0 unspecified atom stereocenters. The third-order valence-corrected chi connectivity index (χ3v) is 5.63. The molecule has 0 aliphatic carbocycles. The number of methoxy groups -OCH3 is 2. The largest absolute Gasteiger partial charge is 0.497 e. The van der Waals surface area contributed by atoms with Crippen molar-refractivity contribution in [2.24, 2.45) is 7.05 Å². The number of benzene rings is 2. The molecule has 5 rings (SSSR count). The fourth-order valence-electron chi connectivity index (χ4n) is 3.76. The van der Waals surface area contributed by atoms with E-state index in [-0.39, 0.29) is 5.91 Å². The molecule has 3 heterocycles. The summed E-state index contributed by atoms with van der Waals surface area (Å²) < 4.78 is 20.0. The van der Waals surface area contributed by atoms with Gasteiger partial charge in [0.2, 0.25) is 5.88 Å². The maximum atomic E-state index is 13.0. The van der Waals surface area contributed by atoms with Gasteiger partial charge < -0.3 is 24.1 Å². The predicted octanol–water partition coefficient (Wildman–Crippen LogP) is 4.73.